The topological polar surface area (TPSA) is 29.1 Å². The molecule has 0 saturated heterocycles. The van der Waals surface area contributed by atoms with Crippen molar-refractivity contribution in [1.29, 1.82) is 0 Å². The molecule has 2 heteroatoms. The molecular weight excluding hydrogens is 210 g/mol. The van der Waals surface area contributed by atoms with Crippen LogP contribution in [0.25, 0.3) is 0 Å². The lowest BCUT2D eigenvalue weighted by molar-refractivity contribution is -0.120. The molecule has 94 valence electrons. The Kier molecular flexibility index (Phi) is 5.75. The highest BCUT2D eigenvalue weighted by Crippen LogP contribution is 2.16. The fourth-order valence-electron chi connectivity index (χ4n) is 1.85. The summed E-state index contributed by atoms with van der Waals surface area (Å²) in [4.78, 5) is 12.0. The van der Waals surface area contributed by atoms with Crippen molar-refractivity contribution in [1.82, 2.24) is 0 Å². The average molecular weight is 233 g/mol. The molecule has 1 atom stereocenters. The van der Waals surface area contributed by atoms with E-state index in [-0.39, 0.29) is 11.8 Å². The summed E-state index contributed by atoms with van der Waals surface area (Å²) >= 11 is 0. The Morgan fingerprint density at radius 1 is 1.24 bits per heavy atom. The van der Waals surface area contributed by atoms with E-state index in [0.717, 1.165) is 31.4 Å². The maximum atomic E-state index is 12.0. The smallest absolute Gasteiger partial charge is 0.227 e. The number of hydrogen-bond donors (Lipinski definition) is 1. The van der Waals surface area contributed by atoms with E-state index >= 15 is 0 Å². The van der Waals surface area contributed by atoms with Gasteiger partial charge in [0.1, 0.15) is 0 Å². The van der Waals surface area contributed by atoms with Gasteiger partial charge in [-0.25, -0.2) is 0 Å². The van der Waals surface area contributed by atoms with Gasteiger partial charge in [0.05, 0.1) is 0 Å². The molecule has 1 N–H and O–H groups in total. The van der Waals surface area contributed by atoms with Crippen LogP contribution in [0.2, 0.25) is 0 Å². The lowest BCUT2D eigenvalue weighted by Gasteiger charge is -2.14. The van der Waals surface area contributed by atoms with Crippen molar-refractivity contribution in [2.24, 2.45) is 5.92 Å². The number of carbonyl (C=O) groups excluding carboxylic acids is 1. The summed E-state index contributed by atoms with van der Waals surface area (Å²) in [5.41, 5.74) is 2.11. The van der Waals surface area contributed by atoms with Crippen LogP contribution in [-0.4, -0.2) is 5.91 Å². The molecule has 1 aromatic rings. The molecule has 2 nitrogen and oxygen atoms in total. The predicted molar refractivity (Wildman–Crippen MR) is 73.1 cm³/mol. The van der Waals surface area contributed by atoms with Crippen LogP contribution >= 0.6 is 0 Å². The normalized spacial score (nSPS) is 12.2. The lowest BCUT2D eigenvalue weighted by atomic mass is 9.98. The van der Waals surface area contributed by atoms with Gasteiger partial charge in [0, 0.05) is 11.6 Å². The van der Waals surface area contributed by atoms with Crippen LogP contribution in [0.3, 0.4) is 0 Å². The second-order valence-corrected chi connectivity index (χ2v) is 4.60. The minimum absolute atomic E-state index is 0.149. The van der Waals surface area contributed by atoms with Gasteiger partial charge in [-0.3, -0.25) is 4.79 Å². The first kappa shape index (κ1) is 13.8. The SMILES string of the molecule is CCCCC(CC)C(=O)Nc1ccc(C)cc1. The zero-order valence-electron chi connectivity index (χ0n) is 11.1. The van der Waals surface area contributed by atoms with Crippen molar-refractivity contribution in [2.45, 2.75) is 46.5 Å². The second-order valence-electron chi connectivity index (χ2n) is 4.60. The number of aryl methyl sites for hydroxylation is 1. The number of unbranched alkanes of at least 4 members (excludes halogenated alkanes) is 1. The third kappa shape index (κ3) is 4.59. The van der Waals surface area contributed by atoms with Gasteiger partial charge in [-0.05, 0) is 31.9 Å². The lowest BCUT2D eigenvalue weighted by Crippen LogP contribution is -2.22. The standard InChI is InChI=1S/C15H23NO/c1-4-6-7-13(5-2)15(17)16-14-10-8-12(3)9-11-14/h8-11,13H,4-7H2,1-3H3,(H,16,17). The van der Waals surface area contributed by atoms with Crippen LogP contribution < -0.4 is 5.32 Å². The van der Waals surface area contributed by atoms with Crippen molar-refractivity contribution in [3.63, 3.8) is 0 Å². The molecule has 0 aliphatic rings. The molecule has 1 rings (SSSR count). The largest absolute Gasteiger partial charge is 0.326 e. The van der Waals surface area contributed by atoms with Crippen molar-refractivity contribution in [3.05, 3.63) is 29.8 Å². The molecule has 0 saturated carbocycles. The summed E-state index contributed by atoms with van der Waals surface area (Å²) in [6, 6.07) is 7.95. The molecule has 17 heavy (non-hydrogen) atoms. The highest BCUT2D eigenvalue weighted by atomic mass is 16.1. The molecule has 0 bridgehead atoms. The molecule has 0 fully saturated rings. The maximum Gasteiger partial charge on any atom is 0.227 e. The van der Waals surface area contributed by atoms with Crippen LogP contribution in [0, 0.1) is 12.8 Å². The Hall–Kier alpha value is -1.31. The van der Waals surface area contributed by atoms with E-state index in [9.17, 15) is 4.79 Å². The summed E-state index contributed by atoms with van der Waals surface area (Å²) in [6.07, 6.45) is 4.18. The molecule has 0 spiro atoms. The predicted octanol–water partition coefficient (Wildman–Crippen LogP) is 4.15. The Morgan fingerprint density at radius 2 is 1.88 bits per heavy atom. The number of nitrogens with one attached hydrogen (secondary N) is 1. The summed E-state index contributed by atoms with van der Waals surface area (Å²) in [5, 5.41) is 2.99. The first-order valence-electron chi connectivity index (χ1n) is 6.54. The van der Waals surface area contributed by atoms with E-state index in [2.05, 4.69) is 19.2 Å². The fraction of sp³-hybridized carbons (Fsp3) is 0.533. The van der Waals surface area contributed by atoms with Crippen molar-refractivity contribution in [2.75, 3.05) is 5.32 Å². The van der Waals surface area contributed by atoms with Gasteiger partial charge < -0.3 is 5.32 Å². The summed E-state index contributed by atoms with van der Waals surface area (Å²) < 4.78 is 0. The summed E-state index contributed by atoms with van der Waals surface area (Å²) in [5.74, 6) is 0.307. The van der Waals surface area contributed by atoms with Crippen LogP contribution in [0.5, 0.6) is 0 Å². The molecule has 0 aromatic heterocycles. The van der Waals surface area contributed by atoms with E-state index in [4.69, 9.17) is 0 Å². The molecule has 1 amide bonds. The van der Waals surface area contributed by atoms with Crippen LogP contribution in [0.4, 0.5) is 5.69 Å². The summed E-state index contributed by atoms with van der Waals surface area (Å²) in [6.45, 7) is 6.28. The van der Waals surface area contributed by atoms with E-state index in [1.165, 1.54) is 5.56 Å². The Bertz CT molecular complexity index is 342. The van der Waals surface area contributed by atoms with Crippen molar-refractivity contribution >= 4 is 11.6 Å². The molecule has 1 unspecified atom stereocenters. The third-order valence-corrected chi connectivity index (χ3v) is 3.09. The van der Waals surface area contributed by atoms with Crippen LogP contribution in [0.1, 0.15) is 45.1 Å². The van der Waals surface area contributed by atoms with Gasteiger partial charge in [-0.15, -0.1) is 0 Å². The zero-order valence-corrected chi connectivity index (χ0v) is 11.1. The highest BCUT2D eigenvalue weighted by Gasteiger charge is 2.15. The molecular formula is C15H23NO. The number of hydrogen-bond acceptors (Lipinski definition) is 1. The van der Waals surface area contributed by atoms with Gasteiger partial charge in [-0.2, -0.15) is 0 Å². The molecule has 0 radical (unpaired) electrons. The minimum atomic E-state index is 0.149. The first-order chi connectivity index (χ1) is 8.17. The number of carbonyl (C=O) groups is 1. The molecule has 0 heterocycles. The first-order valence-corrected chi connectivity index (χ1v) is 6.54. The second kappa shape index (κ2) is 7.10. The Labute approximate surface area is 104 Å². The fourth-order valence-corrected chi connectivity index (χ4v) is 1.85. The third-order valence-electron chi connectivity index (χ3n) is 3.09. The van der Waals surface area contributed by atoms with Gasteiger partial charge in [0.25, 0.3) is 0 Å². The van der Waals surface area contributed by atoms with Crippen molar-refractivity contribution < 1.29 is 4.79 Å². The quantitative estimate of drug-likeness (QED) is 0.785. The van der Waals surface area contributed by atoms with Crippen LogP contribution in [0.15, 0.2) is 24.3 Å². The monoisotopic (exact) mass is 233 g/mol. The Morgan fingerprint density at radius 3 is 2.41 bits per heavy atom. The van der Waals surface area contributed by atoms with E-state index in [1.807, 2.05) is 31.2 Å². The van der Waals surface area contributed by atoms with Gasteiger partial charge in [0.15, 0.2) is 0 Å². The molecule has 1 aromatic carbocycles. The maximum absolute atomic E-state index is 12.0. The van der Waals surface area contributed by atoms with E-state index < -0.39 is 0 Å². The zero-order chi connectivity index (χ0) is 12.7. The van der Waals surface area contributed by atoms with E-state index in [0.29, 0.717) is 0 Å². The Balaban J connectivity index is 2.54. The van der Waals surface area contributed by atoms with Gasteiger partial charge in [0.2, 0.25) is 5.91 Å². The highest BCUT2D eigenvalue weighted by molar-refractivity contribution is 5.92. The van der Waals surface area contributed by atoms with Crippen LogP contribution in [-0.2, 0) is 4.79 Å². The minimum Gasteiger partial charge on any atom is -0.326 e. The average Bonchev–Trinajstić information content (AvgIpc) is 2.33. The molecule has 0 aliphatic carbocycles. The van der Waals surface area contributed by atoms with Crippen molar-refractivity contribution in [3.8, 4) is 0 Å². The number of anilines is 1. The number of amides is 1. The van der Waals surface area contributed by atoms with E-state index in [1.54, 1.807) is 0 Å². The van der Waals surface area contributed by atoms with Gasteiger partial charge in [-0.1, -0.05) is 44.4 Å². The number of benzene rings is 1. The summed E-state index contributed by atoms with van der Waals surface area (Å²) in [7, 11) is 0. The number of rotatable bonds is 6. The van der Waals surface area contributed by atoms with Gasteiger partial charge >= 0.3 is 0 Å². The molecule has 0 aliphatic heterocycles.